The topological polar surface area (TPSA) is 142 Å². The monoisotopic (exact) mass is 640 g/mol. The normalized spacial score (nSPS) is 11.1. The number of ketones is 1. The van der Waals surface area contributed by atoms with Crippen LogP contribution in [0.5, 0.6) is 11.5 Å². The Morgan fingerprint density at radius 1 is 0.681 bits per heavy atom. The summed E-state index contributed by atoms with van der Waals surface area (Å²) in [6, 6.07) is 5.67. The predicted molar refractivity (Wildman–Crippen MR) is 182 cm³/mol. The second-order valence-electron chi connectivity index (χ2n) is 12.1. The molecule has 248 valence electrons. The summed E-state index contributed by atoms with van der Waals surface area (Å²) in [5.74, 6) is -1.03. The van der Waals surface area contributed by atoms with Crippen molar-refractivity contribution in [3.8, 4) is 11.5 Å². The van der Waals surface area contributed by atoms with E-state index in [0.29, 0.717) is 73.6 Å². The highest BCUT2D eigenvalue weighted by Crippen LogP contribution is 2.40. The van der Waals surface area contributed by atoms with Gasteiger partial charge in [0, 0.05) is 46.5 Å². The molecule has 0 fully saturated rings. The molecule has 0 saturated carbocycles. The van der Waals surface area contributed by atoms with Gasteiger partial charge in [-0.25, -0.2) is 9.59 Å². The van der Waals surface area contributed by atoms with Crippen LogP contribution in [-0.4, -0.2) is 51.1 Å². The lowest BCUT2D eigenvalue weighted by Crippen LogP contribution is -2.07. The number of aryl methyl sites for hydroxylation is 3. The number of phenols is 2. The third-order valence-corrected chi connectivity index (χ3v) is 8.65. The van der Waals surface area contributed by atoms with E-state index in [1.54, 1.807) is 27.7 Å². The number of esters is 2. The molecule has 0 radical (unpaired) electrons. The van der Waals surface area contributed by atoms with Crippen molar-refractivity contribution in [3.05, 3.63) is 109 Å². The van der Waals surface area contributed by atoms with Crippen LogP contribution in [0.25, 0.3) is 5.57 Å². The molecule has 0 amide bonds. The molecular formula is C38H44N2O7. The zero-order chi connectivity index (χ0) is 34.9. The van der Waals surface area contributed by atoms with Crippen molar-refractivity contribution in [1.29, 1.82) is 0 Å². The number of carbonyl (C=O) groups excluding carboxylic acids is 3. The smallest absolute Gasteiger partial charge is 0.355 e. The molecule has 47 heavy (non-hydrogen) atoms. The maximum Gasteiger partial charge on any atom is 0.355 e. The number of benzene rings is 2. The number of hydrogen-bond acceptors (Lipinski definition) is 7. The molecule has 0 atom stereocenters. The van der Waals surface area contributed by atoms with Gasteiger partial charge in [-0.3, -0.25) is 4.79 Å². The summed E-state index contributed by atoms with van der Waals surface area (Å²) in [4.78, 5) is 44.5. The third-order valence-electron chi connectivity index (χ3n) is 8.65. The van der Waals surface area contributed by atoms with E-state index in [2.05, 4.69) is 16.5 Å². The summed E-state index contributed by atoms with van der Waals surface area (Å²) in [5, 5.41) is 22.4. The second kappa shape index (κ2) is 13.7. The van der Waals surface area contributed by atoms with E-state index in [0.717, 1.165) is 16.7 Å². The maximum absolute atomic E-state index is 13.0. The number of H-pyrrole nitrogens is 2. The Kier molecular flexibility index (Phi) is 10.2. The molecule has 0 spiro atoms. The summed E-state index contributed by atoms with van der Waals surface area (Å²) in [6.07, 6.45) is 0.469. The Hall–Kier alpha value is -5.05. The number of carbonyl (C=O) groups is 3. The lowest BCUT2D eigenvalue weighted by Gasteiger charge is -2.19. The summed E-state index contributed by atoms with van der Waals surface area (Å²) in [5.41, 5.74) is 9.64. The number of nitrogens with one attached hydrogen (secondary N) is 2. The first-order chi connectivity index (χ1) is 22.1. The molecule has 9 nitrogen and oxygen atoms in total. The average Bonchev–Trinajstić information content (AvgIpc) is 3.50. The molecule has 0 unspecified atom stereocenters. The van der Waals surface area contributed by atoms with Gasteiger partial charge in [0.15, 0.2) is 5.78 Å². The number of Topliss-reactive ketones (excluding diaryl/α,β-unsaturated/α-hetero) is 1. The highest BCUT2D eigenvalue weighted by atomic mass is 16.5. The molecule has 2 aromatic heterocycles. The molecule has 0 aliphatic carbocycles. The molecule has 2 aromatic carbocycles. The third kappa shape index (κ3) is 6.61. The van der Waals surface area contributed by atoms with Gasteiger partial charge in [-0.2, -0.15) is 0 Å². The average molecular weight is 641 g/mol. The van der Waals surface area contributed by atoms with Crippen molar-refractivity contribution >= 4 is 23.3 Å². The van der Waals surface area contributed by atoms with Crippen molar-refractivity contribution in [2.45, 2.75) is 75.2 Å². The number of phenolic OH excluding ortho intramolecular Hbond substituents is 2. The van der Waals surface area contributed by atoms with Crippen molar-refractivity contribution < 1.29 is 34.1 Å². The molecule has 0 bridgehead atoms. The molecule has 4 rings (SSSR count). The molecule has 4 N–H and O–H groups in total. The maximum atomic E-state index is 13.0. The summed E-state index contributed by atoms with van der Waals surface area (Å²) < 4.78 is 10.5. The molecule has 2 heterocycles. The van der Waals surface area contributed by atoms with Gasteiger partial charge in [0.1, 0.15) is 22.9 Å². The van der Waals surface area contributed by atoms with Gasteiger partial charge in [0.2, 0.25) is 0 Å². The van der Waals surface area contributed by atoms with Crippen LogP contribution in [0.1, 0.15) is 119 Å². The highest BCUT2D eigenvalue weighted by molar-refractivity contribution is 6.01. The van der Waals surface area contributed by atoms with Gasteiger partial charge in [-0.1, -0.05) is 30.3 Å². The van der Waals surface area contributed by atoms with Crippen LogP contribution in [0.3, 0.4) is 0 Å². The van der Waals surface area contributed by atoms with E-state index in [1.807, 2.05) is 45.9 Å². The van der Waals surface area contributed by atoms with E-state index in [1.165, 1.54) is 6.92 Å². The highest BCUT2D eigenvalue weighted by Gasteiger charge is 2.27. The Balaban J connectivity index is 1.83. The van der Waals surface area contributed by atoms with Gasteiger partial charge < -0.3 is 29.7 Å². The number of hydrogen-bond donors (Lipinski definition) is 4. The lowest BCUT2D eigenvalue weighted by molar-refractivity contribution is 0.0509. The Morgan fingerprint density at radius 3 is 1.68 bits per heavy atom. The molecule has 0 aliphatic heterocycles. The van der Waals surface area contributed by atoms with Gasteiger partial charge in [0.25, 0.3) is 0 Å². The predicted octanol–water partition coefficient (Wildman–Crippen LogP) is 7.40. The van der Waals surface area contributed by atoms with Gasteiger partial charge in [-0.05, 0) is 101 Å². The largest absolute Gasteiger partial charge is 0.507 e. The summed E-state index contributed by atoms with van der Waals surface area (Å²) in [6.45, 7) is 20.8. The van der Waals surface area contributed by atoms with Crippen molar-refractivity contribution in [2.75, 3.05) is 13.2 Å². The first-order valence-electron chi connectivity index (χ1n) is 15.7. The number of aromatic nitrogens is 2. The van der Waals surface area contributed by atoms with E-state index < -0.39 is 11.9 Å². The fourth-order valence-electron chi connectivity index (χ4n) is 6.63. The standard InChI is InChI=1S/C38H44N2O7/c1-11-46-37(44)33-22(7)31(28(39-33)16-26-14-18(3)13-20(5)35(26)42)21(6)30-19(4)15-27(36(43)24(30)9)17-29-32(25(10)41)23(8)34(40-29)38(45)47-12-2/h13-15,39-40,42-43H,6,11-12,16-17H2,1-5,7-10H3. The Bertz CT molecular complexity index is 1920. The van der Waals surface area contributed by atoms with Crippen molar-refractivity contribution in [2.24, 2.45) is 0 Å². The second-order valence-corrected chi connectivity index (χ2v) is 12.1. The van der Waals surface area contributed by atoms with Crippen LogP contribution in [0.15, 0.2) is 24.8 Å². The number of ether oxygens (including phenoxy) is 2. The van der Waals surface area contributed by atoms with Gasteiger partial charge in [0.05, 0.1) is 13.2 Å². The van der Waals surface area contributed by atoms with Crippen LogP contribution in [0, 0.1) is 41.5 Å². The number of aromatic hydroxyl groups is 2. The fraction of sp³-hybridized carbons (Fsp3) is 0.342. The van der Waals surface area contributed by atoms with E-state index in [9.17, 15) is 24.6 Å². The minimum Gasteiger partial charge on any atom is -0.507 e. The molecule has 4 aromatic rings. The van der Waals surface area contributed by atoms with E-state index >= 15 is 0 Å². The van der Waals surface area contributed by atoms with Crippen LogP contribution in [-0.2, 0) is 22.3 Å². The van der Waals surface area contributed by atoms with Crippen LogP contribution in [0.4, 0.5) is 0 Å². The molecular weight excluding hydrogens is 596 g/mol. The SMILES string of the molecule is C=C(c1c(C)cc(Cc2[nH]c(C(=O)OCC)c(C)c2C(C)=O)c(O)c1C)c1c(Cc2cc(C)cc(C)c2O)[nH]c(C(=O)OCC)c1C. The number of aromatic amines is 2. The minimum atomic E-state index is -0.545. The van der Waals surface area contributed by atoms with Crippen LogP contribution >= 0.6 is 0 Å². The molecule has 0 saturated heterocycles. The molecule has 9 heteroatoms. The minimum absolute atomic E-state index is 0.0264. The van der Waals surface area contributed by atoms with Gasteiger partial charge in [-0.15, -0.1) is 0 Å². The van der Waals surface area contributed by atoms with E-state index in [4.69, 9.17) is 9.47 Å². The number of rotatable bonds is 11. The van der Waals surface area contributed by atoms with E-state index in [-0.39, 0.29) is 42.6 Å². The fourth-order valence-corrected chi connectivity index (χ4v) is 6.63. The van der Waals surface area contributed by atoms with Crippen LogP contribution in [0.2, 0.25) is 0 Å². The van der Waals surface area contributed by atoms with Crippen molar-refractivity contribution in [1.82, 2.24) is 9.97 Å². The van der Waals surface area contributed by atoms with Crippen molar-refractivity contribution in [3.63, 3.8) is 0 Å². The van der Waals surface area contributed by atoms with Gasteiger partial charge >= 0.3 is 11.9 Å². The summed E-state index contributed by atoms with van der Waals surface area (Å²) in [7, 11) is 0. The zero-order valence-corrected chi connectivity index (χ0v) is 28.7. The lowest BCUT2D eigenvalue weighted by atomic mass is 9.86. The Labute approximate surface area is 275 Å². The first kappa shape index (κ1) is 34.8. The quantitative estimate of drug-likeness (QED) is 0.0988. The molecule has 0 aliphatic rings. The zero-order valence-electron chi connectivity index (χ0n) is 28.7. The Morgan fingerprint density at radius 2 is 1.17 bits per heavy atom. The summed E-state index contributed by atoms with van der Waals surface area (Å²) >= 11 is 0. The van der Waals surface area contributed by atoms with Crippen LogP contribution < -0.4 is 0 Å². The first-order valence-corrected chi connectivity index (χ1v) is 15.7.